The van der Waals surface area contributed by atoms with Crippen LogP contribution in [0.4, 0.5) is 5.69 Å². The summed E-state index contributed by atoms with van der Waals surface area (Å²) < 4.78 is 5.35. The van der Waals surface area contributed by atoms with Crippen LogP contribution in [0.2, 0.25) is 0 Å². The van der Waals surface area contributed by atoms with Gasteiger partial charge in [0, 0.05) is 31.7 Å². The number of nitrogens with zero attached hydrogens (tertiary/aromatic N) is 1. The van der Waals surface area contributed by atoms with E-state index >= 15 is 0 Å². The molecule has 0 atom stereocenters. The predicted octanol–water partition coefficient (Wildman–Crippen LogP) is 1.50. The lowest BCUT2D eigenvalue weighted by molar-refractivity contribution is -0.116. The van der Waals surface area contributed by atoms with Gasteiger partial charge in [0.2, 0.25) is 5.91 Å². The average molecular weight is 305 g/mol. The van der Waals surface area contributed by atoms with Gasteiger partial charge in [0.15, 0.2) is 0 Å². The molecule has 2 N–H and O–H groups in total. The van der Waals surface area contributed by atoms with Crippen LogP contribution in [-0.4, -0.2) is 57.2 Å². The number of rotatable bonds is 8. The van der Waals surface area contributed by atoms with Crippen molar-refractivity contribution in [1.29, 1.82) is 0 Å². The molecule has 1 aromatic carbocycles. The molecule has 0 radical (unpaired) electrons. The number of hydrogen-bond acceptors (Lipinski definition) is 4. The molecule has 5 nitrogen and oxygen atoms in total. The van der Waals surface area contributed by atoms with Crippen molar-refractivity contribution in [2.45, 2.75) is 19.3 Å². The second-order valence-electron chi connectivity index (χ2n) is 5.66. The van der Waals surface area contributed by atoms with Crippen molar-refractivity contribution in [3.05, 3.63) is 29.8 Å². The van der Waals surface area contributed by atoms with E-state index in [1.807, 2.05) is 19.2 Å². The molecule has 1 aliphatic rings. The van der Waals surface area contributed by atoms with Gasteiger partial charge in [-0.15, -0.1) is 0 Å². The van der Waals surface area contributed by atoms with Crippen molar-refractivity contribution in [2.75, 3.05) is 51.8 Å². The zero-order chi connectivity index (χ0) is 15.6. The zero-order valence-electron chi connectivity index (χ0n) is 13.4. The highest BCUT2D eigenvalue weighted by atomic mass is 16.5. The number of ether oxygens (including phenoxy) is 1. The van der Waals surface area contributed by atoms with E-state index in [1.165, 1.54) is 5.56 Å². The molecule has 2 rings (SSSR count). The Morgan fingerprint density at radius 2 is 1.95 bits per heavy atom. The molecular formula is C17H27N3O2. The number of hydrogen-bond donors (Lipinski definition) is 2. The van der Waals surface area contributed by atoms with Gasteiger partial charge in [0.05, 0.1) is 13.2 Å². The van der Waals surface area contributed by atoms with Crippen molar-refractivity contribution in [1.82, 2.24) is 10.2 Å². The minimum atomic E-state index is 0.0799. The van der Waals surface area contributed by atoms with Crippen LogP contribution in [0.25, 0.3) is 0 Å². The monoisotopic (exact) mass is 305 g/mol. The van der Waals surface area contributed by atoms with E-state index in [1.54, 1.807) is 0 Å². The molecule has 0 saturated carbocycles. The Labute approximate surface area is 133 Å². The highest BCUT2D eigenvalue weighted by Crippen LogP contribution is 2.11. The summed E-state index contributed by atoms with van der Waals surface area (Å²) in [4.78, 5) is 14.2. The smallest absolute Gasteiger partial charge is 0.224 e. The van der Waals surface area contributed by atoms with Crippen molar-refractivity contribution in [2.24, 2.45) is 0 Å². The third-order valence-corrected chi connectivity index (χ3v) is 3.89. The maximum Gasteiger partial charge on any atom is 0.224 e. The lowest BCUT2D eigenvalue weighted by Gasteiger charge is -2.26. The first-order valence-electron chi connectivity index (χ1n) is 8.11. The first-order chi connectivity index (χ1) is 10.8. The number of morpholine rings is 1. The number of nitrogens with one attached hydrogen (secondary N) is 2. The molecule has 1 aromatic rings. The average Bonchev–Trinajstić information content (AvgIpc) is 2.55. The van der Waals surface area contributed by atoms with Crippen LogP contribution in [0.5, 0.6) is 0 Å². The fraction of sp³-hybridized carbons (Fsp3) is 0.588. The van der Waals surface area contributed by atoms with E-state index in [0.717, 1.165) is 57.9 Å². The van der Waals surface area contributed by atoms with Gasteiger partial charge < -0.3 is 15.4 Å². The highest BCUT2D eigenvalue weighted by Gasteiger charge is 2.09. The fourth-order valence-corrected chi connectivity index (χ4v) is 2.52. The number of carbonyl (C=O) groups excluding carboxylic acids is 1. The molecule has 1 saturated heterocycles. The molecule has 122 valence electrons. The Bertz CT molecular complexity index is 442. The Hall–Kier alpha value is -1.43. The van der Waals surface area contributed by atoms with Crippen LogP contribution in [-0.2, 0) is 16.0 Å². The van der Waals surface area contributed by atoms with E-state index in [9.17, 15) is 4.79 Å². The fourth-order valence-electron chi connectivity index (χ4n) is 2.52. The largest absolute Gasteiger partial charge is 0.379 e. The van der Waals surface area contributed by atoms with E-state index in [4.69, 9.17) is 4.74 Å². The van der Waals surface area contributed by atoms with Gasteiger partial charge in [0.1, 0.15) is 0 Å². The van der Waals surface area contributed by atoms with E-state index in [-0.39, 0.29) is 5.91 Å². The second kappa shape index (κ2) is 9.56. The minimum Gasteiger partial charge on any atom is -0.379 e. The summed E-state index contributed by atoms with van der Waals surface area (Å²) in [7, 11) is 1.90. The van der Waals surface area contributed by atoms with Crippen LogP contribution in [0.15, 0.2) is 24.3 Å². The molecule has 1 aliphatic heterocycles. The van der Waals surface area contributed by atoms with Crippen LogP contribution < -0.4 is 10.6 Å². The first-order valence-corrected chi connectivity index (χ1v) is 8.11. The Balaban J connectivity index is 1.71. The maximum atomic E-state index is 11.7. The van der Waals surface area contributed by atoms with Crippen molar-refractivity contribution < 1.29 is 9.53 Å². The molecule has 1 amide bonds. The molecule has 1 heterocycles. The van der Waals surface area contributed by atoms with Crippen molar-refractivity contribution >= 4 is 11.6 Å². The van der Waals surface area contributed by atoms with Crippen molar-refractivity contribution in [3.63, 3.8) is 0 Å². The molecule has 0 unspecified atom stereocenters. The van der Waals surface area contributed by atoms with Gasteiger partial charge in [-0.05, 0) is 44.1 Å². The Morgan fingerprint density at radius 1 is 1.23 bits per heavy atom. The number of carbonyl (C=O) groups is 1. The summed E-state index contributed by atoms with van der Waals surface area (Å²) in [6.07, 6.45) is 2.45. The molecule has 0 bridgehead atoms. The zero-order valence-corrected chi connectivity index (χ0v) is 13.4. The number of benzene rings is 1. The Kier molecular flexibility index (Phi) is 7.36. The molecule has 0 aromatic heterocycles. The van der Waals surface area contributed by atoms with E-state index in [2.05, 4.69) is 27.7 Å². The van der Waals surface area contributed by atoms with Crippen molar-refractivity contribution in [3.8, 4) is 0 Å². The molecule has 0 spiro atoms. The molecule has 5 heteroatoms. The summed E-state index contributed by atoms with van der Waals surface area (Å²) in [5.41, 5.74) is 2.18. The SMILES string of the molecule is CNCCCC(=O)Nc1ccc(CCN2CCOCC2)cc1. The summed E-state index contributed by atoms with van der Waals surface area (Å²) in [6.45, 7) is 5.69. The topological polar surface area (TPSA) is 53.6 Å². The summed E-state index contributed by atoms with van der Waals surface area (Å²) in [5, 5.41) is 5.98. The van der Waals surface area contributed by atoms with Crippen LogP contribution in [0.1, 0.15) is 18.4 Å². The summed E-state index contributed by atoms with van der Waals surface area (Å²) >= 11 is 0. The normalized spacial score (nSPS) is 15.7. The van der Waals surface area contributed by atoms with E-state index in [0.29, 0.717) is 6.42 Å². The third-order valence-electron chi connectivity index (χ3n) is 3.89. The molecule has 0 aliphatic carbocycles. The van der Waals surface area contributed by atoms with Gasteiger partial charge in [-0.3, -0.25) is 9.69 Å². The Morgan fingerprint density at radius 3 is 2.64 bits per heavy atom. The quantitative estimate of drug-likeness (QED) is 0.715. The minimum absolute atomic E-state index is 0.0799. The molecule has 1 fully saturated rings. The van der Waals surface area contributed by atoms with Crippen LogP contribution in [0.3, 0.4) is 0 Å². The number of anilines is 1. The standard InChI is InChI=1S/C17H27N3O2/c1-18-9-2-3-17(21)19-16-6-4-15(5-7-16)8-10-20-11-13-22-14-12-20/h4-7,18H,2-3,8-14H2,1H3,(H,19,21). The number of amides is 1. The van der Waals surface area contributed by atoms with Crippen LogP contribution in [0, 0.1) is 0 Å². The molecular weight excluding hydrogens is 278 g/mol. The summed E-state index contributed by atoms with van der Waals surface area (Å²) in [6, 6.07) is 8.18. The van der Waals surface area contributed by atoms with Gasteiger partial charge in [-0.2, -0.15) is 0 Å². The molecule has 22 heavy (non-hydrogen) atoms. The maximum absolute atomic E-state index is 11.7. The first kappa shape index (κ1) is 16.9. The summed E-state index contributed by atoms with van der Waals surface area (Å²) in [5.74, 6) is 0.0799. The lowest BCUT2D eigenvalue weighted by atomic mass is 10.1. The highest BCUT2D eigenvalue weighted by molar-refractivity contribution is 5.90. The van der Waals surface area contributed by atoms with Crippen LogP contribution >= 0.6 is 0 Å². The van der Waals surface area contributed by atoms with Gasteiger partial charge in [-0.25, -0.2) is 0 Å². The predicted molar refractivity (Wildman–Crippen MR) is 89.2 cm³/mol. The van der Waals surface area contributed by atoms with Gasteiger partial charge >= 0.3 is 0 Å². The second-order valence-corrected chi connectivity index (χ2v) is 5.66. The third kappa shape index (κ3) is 6.13. The lowest BCUT2D eigenvalue weighted by Crippen LogP contribution is -2.37. The van der Waals surface area contributed by atoms with Gasteiger partial charge in [0.25, 0.3) is 0 Å². The van der Waals surface area contributed by atoms with Gasteiger partial charge in [-0.1, -0.05) is 12.1 Å². The van der Waals surface area contributed by atoms with E-state index < -0.39 is 0 Å².